The number of fused-ring (bicyclic) bond motifs is 1. The minimum atomic E-state index is 0.0298. The van der Waals surface area contributed by atoms with Crippen LogP contribution >= 0.6 is 11.3 Å². The summed E-state index contributed by atoms with van der Waals surface area (Å²) in [7, 11) is 1.90. The third-order valence-electron chi connectivity index (χ3n) is 4.33. The van der Waals surface area contributed by atoms with Gasteiger partial charge < -0.3 is 5.32 Å². The Morgan fingerprint density at radius 2 is 2.08 bits per heavy atom. The zero-order valence-corrected chi connectivity index (χ0v) is 15.3. The molecule has 0 aliphatic rings. The number of para-hydroxylation sites is 1. The molecule has 0 bridgehead atoms. The second-order valence-electron chi connectivity index (χ2n) is 6.17. The molecule has 0 saturated heterocycles. The number of carbonyl (C=O) groups excluding carboxylic acids is 1. The number of nitrogens with zero attached hydrogens (tertiary/aromatic N) is 3. The number of rotatable bonds is 5. The maximum absolute atomic E-state index is 12.3. The molecule has 1 atom stereocenters. The highest BCUT2D eigenvalue weighted by atomic mass is 32.1. The lowest BCUT2D eigenvalue weighted by molar-refractivity contribution is -0.120. The molecule has 1 unspecified atom stereocenters. The minimum Gasteiger partial charge on any atom is -0.355 e. The van der Waals surface area contributed by atoms with E-state index >= 15 is 0 Å². The van der Waals surface area contributed by atoms with Crippen LogP contribution in [0.25, 0.3) is 10.2 Å². The monoisotopic (exact) mass is 342 g/mol. The van der Waals surface area contributed by atoms with Crippen LogP contribution in [0.1, 0.15) is 34.8 Å². The highest BCUT2D eigenvalue weighted by Crippen LogP contribution is 2.26. The molecule has 0 radical (unpaired) electrons. The number of thiazole rings is 1. The topological polar surface area (TPSA) is 59.8 Å². The Kier molecular flexibility index (Phi) is 4.66. The van der Waals surface area contributed by atoms with Crippen molar-refractivity contribution in [2.45, 2.75) is 33.1 Å². The van der Waals surface area contributed by atoms with Crippen LogP contribution in [0.3, 0.4) is 0 Å². The number of carbonyl (C=O) groups is 1. The summed E-state index contributed by atoms with van der Waals surface area (Å²) < 4.78 is 3.01. The number of aryl methyl sites for hydroxylation is 2. The quantitative estimate of drug-likeness (QED) is 0.775. The molecule has 126 valence electrons. The lowest BCUT2D eigenvalue weighted by Crippen LogP contribution is -2.29. The van der Waals surface area contributed by atoms with Gasteiger partial charge in [-0.05, 0) is 26.0 Å². The normalized spacial score (nSPS) is 12.5. The second kappa shape index (κ2) is 6.73. The van der Waals surface area contributed by atoms with Gasteiger partial charge in [-0.15, -0.1) is 11.3 Å². The molecule has 3 aromatic rings. The molecule has 1 aromatic carbocycles. The van der Waals surface area contributed by atoms with Gasteiger partial charge in [0.25, 0.3) is 0 Å². The Labute approximate surface area is 145 Å². The van der Waals surface area contributed by atoms with Crippen molar-refractivity contribution in [3.63, 3.8) is 0 Å². The van der Waals surface area contributed by atoms with Gasteiger partial charge in [-0.25, -0.2) is 4.98 Å². The molecule has 0 aliphatic heterocycles. The van der Waals surface area contributed by atoms with E-state index in [1.807, 2.05) is 43.8 Å². The highest BCUT2D eigenvalue weighted by Gasteiger charge is 2.16. The van der Waals surface area contributed by atoms with E-state index in [0.29, 0.717) is 13.0 Å². The van der Waals surface area contributed by atoms with Crippen molar-refractivity contribution in [3.8, 4) is 0 Å². The van der Waals surface area contributed by atoms with Gasteiger partial charge in [-0.1, -0.05) is 19.1 Å². The van der Waals surface area contributed by atoms with Crippen molar-refractivity contribution in [2.24, 2.45) is 7.05 Å². The molecule has 3 rings (SSSR count). The predicted octanol–water partition coefficient (Wildman–Crippen LogP) is 3.11. The van der Waals surface area contributed by atoms with Crippen LogP contribution in [-0.2, 0) is 18.3 Å². The van der Waals surface area contributed by atoms with E-state index in [-0.39, 0.29) is 11.8 Å². The Hall–Kier alpha value is -2.21. The third kappa shape index (κ3) is 3.33. The summed E-state index contributed by atoms with van der Waals surface area (Å²) in [5, 5.41) is 8.45. The third-order valence-corrected chi connectivity index (χ3v) is 5.60. The van der Waals surface area contributed by atoms with Crippen molar-refractivity contribution in [3.05, 3.63) is 46.2 Å². The zero-order valence-electron chi connectivity index (χ0n) is 14.5. The first-order valence-electron chi connectivity index (χ1n) is 8.07. The molecular weight excluding hydrogens is 320 g/mol. The summed E-state index contributed by atoms with van der Waals surface area (Å²) in [4.78, 5) is 16.9. The average molecular weight is 342 g/mol. The number of benzene rings is 1. The van der Waals surface area contributed by atoms with Gasteiger partial charge in [-0.2, -0.15) is 5.10 Å². The lowest BCUT2D eigenvalue weighted by atomic mass is 10.1. The number of hydrogen-bond acceptors (Lipinski definition) is 4. The van der Waals surface area contributed by atoms with Crippen molar-refractivity contribution in [2.75, 3.05) is 6.54 Å². The summed E-state index contributed by atoms with van der Waals surface area (Å²) in [6.07, 6.45) is 0.373. The van der Waals surface area contributed by atoms with Crippen LogP contribution in [-0.4, -0.2) is 27.2 Å². The van der Waals surface area contributed by atoms with Crippen LogP contribution in [0.15, 0.2) is 24.3 Å². The Morgan fingerprint density at radius 3 is 2.75 bits per heavy atom. The molecule has 5 nitrogen and oxygen atoms in total. The van der Waals surface area contributed by atoms with Gasteiger partial charge in [0.2, 0.25) is 5.91 Å². The first kappa shape index (κ1) is 16.6. The minimum absolute atomic E-state index is 0.0298. The Balaban J connectivity index is 1.61. The number of nitrogens with one attached hydrogen (secondary N) is 1. The molecule has 2 aromatic heterocycles. The summed E-state index contributed by atoms with van der Waals surface area (Å²) >= 11 is 1.69. The zero-order chi connectivity index (χ0) is 17.3. The number of amides is 1. The van der Waals surface area contributed by atoms with Crippen molar-refractivity contribution in [1.82, 2.24) is 20.1 Å². The molecule has 0 saturated carbocycles. The summed E-state index contributed by atoms with van der Waals surface area (Å²) in [5.74, 6) is 0.226. The van der Waals surface area contributed by atoms with E-state index in [0.717, 1.165) is 27.5 Å². The van der Waals surface area contributed by atoms with E-state index in [1.54, 1.807) is 11.3 Å². The van der Waals surface area contributed by atoms with Gasteiger partial charge in [0.05, 0.1) is 27.3 Å². The van der Waals surface area contributed by atoms with Crippen molar-refractivity contribution < 1.29 is 4.79 Å². The van der Waals surface area contributed by atoms with E-state index in [9.17, 15) is 4.79 Å². The Bertz CT molecular complexity index is 847. The number of hydrogen-bond donors (Lipinski definition) is 1. The molecule has 2 heterocycles. The van der Waals surface area contributed by atoms with Crippen molar-refractivity contribution >= 4 is 27.5 Å². The fraction of sp³-hybridized carbons (Fsp3) is 0.389. The summed E-state index contributed by atoms with van der Waals surface area (Å²) in [5.41, 5.74) is 4.01. The van der Waals surface area contributed by atoms with E-state index < -0.39 is 0 Å². The SMILES string of the molecule is Cc1nn(C)c(C)c1CC(=O)NCC(C)c1nc2ccccc2s1. The van der Waals surface area contributed by atoms with E-state index in [1.165, 1.54) is 4.70 Å². The largest absolute Gasteiger partial charge is 0.355 e. The summed E-state index contributed by atoms with van der Waals surface area (Å²) in [6.45, 7) is 6.63. The van der Waals surface area contributed by atoms with Gasteiger partial charge in [0, 0.05) is 30.8 Å². The maximum Gasteiger partial charge on any atom is 0.224 e. The highest BCUT2D eigenvalue weighted by molar-refractivity contribution is 7.18. The van der Waals surface area contributed by atoms with Gasteiger partial charge in [0.1, 0.15) is 0 Å². The second-order valence-corrected chi connectivity index (χ2v) is 7.24. The van der Waals surface area contributed by atoms with Crippen LogP contribution in [0.2, 0.25) is 0 Å². The smallest absolute Gasteiger partial charge is 0.224 e. The average Bonchev–Trinajstić information content (AvgIpc) is 3.09. The molecular formula is C18H22N4OS. The van der Waals surface area contributed by atoms with E-state index in [2.05, 4.69) is 28.4 Å². The predicted molar refractivity (Wildman–Crippen MR) is 97.4 cm³/mol. The fourth-order valence-electron chi connectivity index (χ4n) is 2.75. The van der Waals surface area contributed by atoms with Crippen LogP contribution in [0.5, 0.6) is 0 Å². The molecule has 1 N–H and O–H groups in total. The lowest BCUT2D eigenvalue weighted by Gasteiger charge is -2.10. The summed E-state index contributed by atoms with van der Waals surface area (Å²) in [6, 6.07) is 8.12. The molecule has 0 fully saturated rings. The molecule has 0 aliphatic carbocycles. The maximum atomic E-state index is 12.3. The number of aromatic nitrogens is 3. The molecule has 1 amide bonds. The standard InChI is InChI=1S/C18H22N4OS/c1-11(18-20-15-7-5-6-8-16(15)24-18)10-19-17(23)9-14-12(2)21-22(4)13(14)3/h5-8,11H,9-10H2,1-4H3,(H,19,23). The van der Waals surface area contributed by atoms with E-state index in [4.69, 9.17) is 0 Å². The van der Waals surface area contributed by atoms with Gasteiger partial charge in [0.15, 0.2) is 0 Å². The van der Waals surface area contributed by atoms with Crippen LogP contribution in [0, 0.1) is 13.8 Å². The first-order valence-corrected chi connectivity index (χ1v) is 8.88. The Morgan fingerprint density at radius 1 is 1.33 bits per heavy atom. The fourth-order valence-corrected chi connectivity index (χ4v) is 3.77. The van der Waals surface area contributed by atoms with Crippen LogP contribution < -0.4 is 5.32 Å². The van der Waals surface area contributed by atoms with Gasteiger partial charge in [-0.3, -0.25) is 9.48 Å². The first-order chi connectivity index (χ1) is 11.5. The molecule has 6 heteroatoms. The molecule has 24 heavy (non-hydrogen) atoms. The molecule has 0 spiro atoms. The van der Waals surface area contributed by atoms with Gasteiger partial charge >= 0.3 is 0 Å². The van der Waals surface area contributed by atoms with Crippen molar-refractivity contribution in [1.29, 1.82) is 0 Å². The van der Waals surface area contributed by atoms with Crippen LogP contribution in [0.4, 0.5) is 0 Å².